The van der Waals surface area contributed by atoms with Crippen LogP contribution >= 0.6 is 0 Å². The van der Waals surface area contributed by atoms with E-state index in [0.717, 1.165) is 12.0 Å². The van der Waals surface area contributed by atoms with Crippen LogP contribution in [0.5, 0.6) is 0 Å². The van der Waals surface area contributed by atoms with Crippen LogP contribution in [0.25, 0.3) is 0 Å². The van der Waals surface area contributed by atoms with Gasteiger partial charge in [0.05, 0.1) is 19.1 Å². The van der Waals surface area contributed by atoms with Crippen molar-refractivity contribution in [3.63, 3.8) is 0 Å². The van der Waals surface area contributed by atoms with Gasteiger partial charge in [-0.1, -0.05) is 54.6 Å². The highest BCUT2D eigenvalue weighted by Gasteiger charge is 2.26. The highest BCUT2D eigenvalue weighted by Crippen LogP contribution is 2.29. The number of rotatable bonds is 5. The number of carbonyl (C=O) groups is 2. The van der Waals surface area contributed by atoms with Crippen molar-refractivity contribution in [1.29, 1.82) is 0 Å². The molecule has 5 heteroatoms. The minimum absolute atomic E-state index is 0.105. The van der Waals surface area contributed by atoms with E-state index < -0.39 is 12.0 Å². The van der Waals surface area contributed by atoms with E-state index in [2.05, 4.69) is 5.32 Å². The lowest BCUT2D eigenvalue weighted by Gasteiger charge is -2.26. The van der Waals surface area contributed by atoms with Gasteiger partial charge < -0.3 is 15.2 Å². The van der Waals surface area contributed by atoms with Crippen LogP contribution in [0.15, 0.2) is 54.6 Å². The Bertz CT molecular complexity index is 729. The predicted molar refractivity (Wildman–Crippen MR) is 88.4 cm³/mol. The molecule has 2 aromatic rings. The molecule has 0 spiro atoms. The molecule has 0 aliphatic carbocycles. The fraction of sp³-hybridized carbons (Fsp3) is 0.263. The Kier molecular flexibility index (Phi) is 4.91. The summed E-state index contributed by atoms with van der Waals surface area (Å²) >= 11 is 0. The van der Waals surface area contributed by atoms with Gasteiger partial charge in [-0.25, -0.2) is 4.79 Å². The first kappa shape index (κ1) is 16.2. The highest BCUT2D eigenvalue weighted by atomic mass is 16.5. The van der Waals surface area contributed by atoms with Crippen LogP contribution < -0.4 is 5.32 Å². The molecule has 0 saturated heterocycles. The van der Waals surface area contributed by atoms with Crippen LogP contribution in [0.3, 0.4) is 0 Å². The zero-order valence-corrected chi connectivity index (χ0v) is 13.1. The summed E-state index contributed by atoms with van der Waals surface area (Å²) in [4.78, 5) is 23.8. The van der Waals surface area contributed by atoms with E-state index in [1.807, 2.05) is 24.3 Å². The van der Waals surface area contributed by atoms with Crippen molar-refractivity contribution in [2.24, 2.45) is 0 Å². The molecule has 2 aromatic carbocycles. The number of carbonyl (C=O) groups excluding carboxylic acids is 1. The average molecular weight is 325 g/mol. The summed E-state index contributed by atoms with van der Waals surface area (Å²) in [6.45, 7) is 0.565. The van der Waals surface area contributed by atoms with Gasteiger partial charge in [0.2, 0.25) is 5.91 Å². The van der Waals surface area contributed by atoms with Crippen molar-refractivity contribution >= 4 is 11.9 Å². The fourth-order valence-corrected chi connectivity index (χ4v) is 2.97. The summed E-state index contributed by atoms with van der Waals surface area (Å²) in [6, 6.07) is 15.5. The standard InChI is InChI=1S/C19H19NO4/c21-17(20-18(19(22)23)14-7-2-1-3-8-14)12-16-15-9-5-4-6-13(15)10-11-24-16/h1-9,16,18H,10-12H2,(H,20,21)(H,22,23)/t16-,18-/m1/s1. The molecule has 0 unspecified atom stereocenters. The second-order valence-corrected chi connectivity index (χ2v) is 5.76. The Morgan fingerprint density at radius 3 is 2.58 bits per heavy atom. The summed E-state index contributed by atoms with van der Waals surface area (Å²) in [6.07, 6.45) is 0.601. The number of hydrogen-bond donors (Lipinski definition) is 2. The quantitative estimate of drug-likeness (QED) is 0.886. The van der Waals surface area contributed by atoms with Crippen LogP contribution in [-0.2, 0) is 20.7 Å². The molecule has 2 N–H and O–H groups in total. The van der Waals surface area contributed by atoms with Crippen molar-refractivity contribution in [3.05, 3.63) is 71.3 Å². The minimum atomic E-state index is -1.08. The summed E-state index contributed by atoms with van der Waals surface area (Å²) in [7, 11) is 0. The van der Waals surface area contributed by atoms with Gasteiger partial charge in [-0.05, 0) is 23.1 Å². The molecule has 1 amide bonds. The number of carboxylic acids is 1. The van der Waals surface area contributed by atoms with Crippen molar-refractivity contribution < 1.29 is 19.4 Å². The average Bonchev–Trinajstić information content (AvgIpc) is 2.60. The van der Waals surface area contributed by atoms with Gasteiger partial charge in [0.15, 0.2) is 6.04 Å². The molecule has 2 atom stereocenters. The van der Waals surface area contributed by atoms with E-state index in [9.17, 15) is 14.7 Å². The Labute approximate surface area is 140 Å². The predicted octanol–water partition coefficient (Wildman–Crippen LogP) is 2.63. The van der Waals surface area contributed by atoms with Crippen LogP contribution in [0.2, 0.25) is 0 Å². The van der Waals surface area contributed by atoms with Gasteiger partial charge in [0.25, 0.3) is 0 Å². The maximum atomic E-state index is 12.4. The van der Waals surface area contributed by atoms with Crippen LogP contribution in [0.1, 0.15) is 35.3 Å². The third-order valence-corrected chi connectivity index (χ3v) is 4.15. The molecular weight excluding hydrogens is 306 g/mol. The monoisotopic (exact) mass is 325 g/mol. The first-order valence-electron chi connectivity index (χ1n) is 7.91. The van der Waals surface area contributed by atoms with Crippen LogP contribution in [0, 0.1) is 0 Å². The summed E-state index contributed by atoms with van der Waals surface area (Å²) in [5.41, 5.74) is 2.73. The van der Waals surface area contributed by atoms with Crippen LogP contribution in [0.4, 0.5) is 0 Å². The van der Waals surface area contributed by atoms with E-state index >= 15 is 0 Å². The van der Waals surface area contributed by atoms with Crippen molar-refractivity contribution in [2.45, 2.75) is 25.0 Å². The zero-order valence-electron chi connectivity index (χ0n) is 13.1. The number of amides is 1. The Morgan fingerprint density at radius 2 is 1.83 bits per heavy atom. The molecule has 0 fully saturated rings. The smallest absolute Gasteiger partial charge is 0.330 e. The second-order valence-electron chi connectivity index (χ2n) is 5.76. The Morgan fingerprint density at radius 1 is 1.12 bits per heavy atom. The molecule has 0 saturated carbocycles. The SMILES string of the molecule is O=C(C[C@H]1OCCc2ccccc21)N[C@@H](C(=O)O)c1ccccc1. The molecule has 0 aromatic heterocycles. The minimum Gasteiger partial charge on any atom is -0.479 e. The number of fused-ring (bicyclic) bond motifs is 1. The maximum absolute atomic E-state index is 12.4. The summed E-state index contributed by atoms with van der Waals surface area (Å²) in [5, 5.41) is 12.0. The first-order valence-corrected chi connectivity index (χ1v) is 7.91. The van der Waals surface area contributed by atoms with Gasteiger partial charge in [-0.2, -0.15) is 0 Å². The van der Waals surface area contributed by atoms with Crippen molar-refractivity contribution in [3.8, 4) is 0 Å². The maximum Gasteiger partial charge on any atom is 0.330 e. The second kappa shape index (κ2) is 7.27. The Balaban J connectivity index is 1.70. The van der Waals surface area contributed by atoms with Gasteiger partial charge in [-0.3, -0.25) is 4.79 Å². The first-order chi connectivity index (χ1) is 11.6. The molecule has 1 heterocycles. The highest BCUT2D eigenvalue weighted by molar-refractivity contribution is 5.84. The van der Waals surface area contributed by atoms with Gasteiger partial charge in [0.1, 0.15) is 0 Å². The molecule has 124 valence electrons. The number of carboxylic acid groups (broad SMARTS) is 1. The zero-order chi connectivity index (χ0) is 16.9. The topological polar surface area (TPSA) is 75.6 Å². The number of hydrogen-bond acceptors (Lipinski definition) is 3. The van der Waals surface area contributed by atoms with Crippen molar-refractivity contribution in [1.82, 2.24) is 5.32 Å². The normalized spacial score (nSPS) is 17.6. The van der Waals surface area contributed by atoms with E-state index in [1.165, 1.54) is 5.56 Å². The molecule has 1 aliphatic heterocycles. The van der Waals surface area contributed by atoms with Crippen molar-refractivity contribution in [2.75, 3.05) is 6.61 Å². The third kappa shape index (κ3) is 3.63. The van der Waals surface area contributed by atoms with E-state index in [1.54, 1.807) is 30.3 Å². The molecule has 0 bridgehead atoms. The number of aliphatic carboxylic acids is 1. The Hall–Kier alpha value is -2.66. The molecule has 0 radical (unpaired) electrons. The molecular formula is C19H19NO4. The third-order valence-electron chi connectivity index (χ3n) is 4.15. The lowest BCUT2D eigenvalue weighted by Crippen LogP contribution is -2.35. The van der Waals surface area contributed by atoms with Gasteiger partial charge in [0, 0.05) is 0 Å². The summed E-state index contributed by atoms with van der Waals surface area (Å²) < 4.78 is 5.71. The lowest BCUT2D eigenvalue weighted by molar-refractivity contribution is -0.142. The largest absolute Gasteiger partial charge is 0.479 e. The van der Waals surface area contributed by atoms with Gasteiger partial charge >= 0.3 is 5.97 Å². The van der Waals surface area contributed by atoms with Gasteiger partial charge in [-0.15, -0.1) is 0 Å². The van der Waals surface area contributed by atoms with E-state index in [-0.39, 0.29) is 18.4 Å². The molecule has 1 aliphatic rings. The fourth-order valence-electron chi connectivity index (χ4n) is 2.97. The molecule has 5 nitrogen and oxygen atoms in total. The van der Waals surface area contributed by atoms with E-state index in [0.29, 0.717) is 12.2 Å². The van der Waals surface area contributed by atoms with E-state index in [4.69, 9.17) is 4.74 Å². The lowest BCUT2D eigenvalue weighted by atomic mass is 9.95. The number of ether oxygens (including phenoxy) is 1. The number of nitrogens with one attached hydrogen (secondary N) is 1. The van der Waals surface area contributed by atoms with Crippen LogP contribution in [-0.4, -0.2) is 23.6 Å². The number of benzene rings is 2. The molecule has 3 rings (SSSR count). The molecule has 24 heavy (non-hydrogen) atoms. The summed E-state index contributed by atoms with van der Waals surface area (Å²) in [5.74, 6) is -1.42.